The minimum absolute atomic E-state index is 0.318. The van der Waals surface area contributed by atoms with Crippen molar-refractivity contribution in [2.45, 2.75) is 19.4 Å². The Kier molecular flexibility index (Phi) is 4.25. The second-order valence-electron chi connectivity index (χ2n) is 5.23. The van der Waals surface area contributed by atoms with Crippen LogP contribution in [0.4, 0.5) is 15.9 Å². The van der Waals surface area contributed by atoms with Crippen molar-refractivity contribution in [3.63, 3.8) is 0 Å². The minimum Gasteiger partial charge on any atom is -0.380 e. The number of pyridine rings is 1. The van der Waals surface area contributed by atoms with E-state index in [1.165, 1.54) is 25.0 Å². The molecule has 0 amide bonds. The van der Waals surface area contributed by atoms with Gasteiger partial charge in [-0.2, -0.15) is 0 Å². The van der Waals surface area contributed by atoms with Crippen molar-refractivity contribution < 1.29 is 4.39 Å². The maximum absolute atomic E-state index is 13.2. The van der Waals surface area contributed by atoms with E-state index in [-0.39, 0.29) is 5.82 Å². The number of nitrogens with zero attached hydrogens (tertiary/aromatic N) is 2. The van der Waals surface area contributed by atoms with Gasteiger partial charge in [-0.25, -0.2) is 9.37 Å². The zero-order valence-corrected chi connectivity index (χ0v) is 12.4. The largest absolute Gasteiger partial charge is 0.380 e. The van der Waals surface area contributed by atoms with Crippen molar-refractivity contribution in [1.82, 2.24) is 4.98 Å². The molecule has 3 nitrogen and oxygen atoms in total. The molecule has 0 radical (unpaired) electrons. The molecule has 0 spiro atoms. The fourth-order valence-corrected chi connectivity index (χ4v) is 2.79. The number of aromatic nitrogens is 1. The van der Waals surface area contributed by atoms with Gasteiger partial charge in [0, 0.05) is 24.7 Å². The van der Waals surface area contributed by atoms with E-state index in [9.17, 15) is 4.39 Å². The van der Waals surface area contributed by atoms with Crippen LogP contribution in [0.15, 0.2) is 36.5 Å². The van der Waals surface area contributed by atoms with Gasteiger partial charge in [0.15, 0.2) is 0 Å². The molecule has 1 N–H and O–H groups in total. The topological polar surface area (TPSA) is 28.2 Å². The van der Waals surface area contributed by atoms with E-state index in [0.29, 0.717) is 11.6 Å². The van der Waals surface area contributed by atoms with Crippen molar-refractivity contribution >= 4 is 23.1 Å². The summed E-state index contributed by atoms with van der Waals surface area (Å²) in [6, 6.07) is 8.56. The first-order valence-electron chi connectivity index (χ1n) is 7.10. The Morgan fingerprint density at radius 2 is 2.00 bits per heavy atom. The molecule has 21 heavy (non-hydrogen) atoms. The highest BCUT2D eigenvalue weighted by atomic mass is 35.5. The summed E-state index contributed by atoms with van der Waals surface area (Å²) in [4.78, 5) is 6.76. The Hall–Kier alpha value is -1.81. The van der Waals surface area contributed by atoms with Gasteiger partial charge in [-0.1, -0.05) is 11.6 Å². The molecule has 1 aliphatic rings. The summed E-state index contributed by atoms with van der Waals surface area (Å²) in [5.74, 6) is 0.702. The Morgan fingerprint density at radius 1 is 1.19 bits per heavy atom. The monoisotopic (exact) mass is 305 g/mol. The smallest absolute Gasteiger partial charge is 0.128 e. The van der Waals surface area contributed by atoms with Gasteiger partial charge in [0.25, 0.3) is 0 Å². The summed E-state index contributed by atoms with van der Waals surface area (Å²) in [5, 5.41) is 3.64. The maximum Gasteiger partial charge on any atom is 0.128 e. The Labute approximate surface area is 128 Å². The molecule has 1 aromatic carbocycles. The lowest BCUT2D eigenvalue weighted by Crippen LogP contribution is -2.18. The highest BCUT2D eigenvalue weighted by Crippen LogP contribution is 2.20. The third kappa shape index (κ3) is 3.64. The molecule has 2 aromatic rings. The Bertz CT molecular complexity index is 589. The first-order valence-corrected chi connectivity index (χ1v) is 7.48. The zero-order chi connectivity index (χ0) is 14.7. The van der Waals surface area contributed by atoms with Crippen molar-refractivity contribution in [2.24, 2.45) is 0 Å². The minimum atomic E-state index is -0.318. The highest BCUT2D eigenvalue weighted by Gasteiger charge is 2.12. The van der Waals surface area contributed by atoms with Crippen LogP contribution in [0.25, 0.3) is 0 Å². The lowest BCUT2D eigenvalue weighted by Gasteiger charge is -2.16. The number of benzene rings is 1. The number of halogens is 2. The number of hydrogen-bond donors (Lipinski definition) is 1. The summed E-state index contributed by atoms with van der Waals surface area (Å²) in [6.45, 7) is 2.69. The summed E-state index contributed by atoms with van der Waals surface area (Å²) in [5.41, 5.74) is 1.72. The number of nitrogens with one attached hydrogen (secondary N) is 1. The number of anilines is 2. The van der Waals surface area contributed by atoms with Gasteiger partial charge < -0.3 is 10.2 Å². The second-order valence-corrected chi connectivity index (χ2v) is 5.67. The van der Waals surface area contributed by atoms with E-state index in [0.717, 1.165) is 30.2 Å². The molecule has 1 aliphatic heterocycles. The average molecular weight is 306 g/mol. The van der Waals surface area contributed by atoms with Gasteiger partial charge in [-0.05, 0) is 48.7 Å². The van der Waals surface area contributed by atoms with Crippen LogP contribution < -0.4 is 10.2 Å². The average Bonchev–Trinajstić information content (AvgIpc) is 2.99. The summed E-state index contributed by atoms with van der Waals surface area (Å²) in [7, 11) is 0. The van der Waals surface area contributed by atoms with Crippen molar-refractivity contribution in [1.29, 1.82) is 0 Å². The first kappa shape index (κ1) is 14.1. The fraction of sp³-hybridized carbons (Fsp3) is 0.312. The summed E-state index contributed by atoms with van der Waals surface area (Å²) in [6.07, 6.45) is 4.29. The predicted molar refractivity (Wildman–Crippen MR) is 84.4 cm³/mol. The van der Waals surface area contributed by atoms with Crippen LogP contribution in [0, 0.1) is 5.82 Å². The van der Waals surface area contributed by atoms with Gasteiger partial charge in [0.1, 0.15) is 11.6 Å². The molecule has 1 aromatic heterocycles. The molecular weight excluding hydrogens is 289 g/mol. The van der Waals surface area contributed by atoms with Crippen molar-refractivity contribution in [2.75, 3.05) is 23.3 Å². The normalized spacial score (nSPS) is 14.5. The van der Waals surface area contributed by atoms with Crippen LogP contribution >= 0.6 is 11.6 Å². The van der Waals surface area contributed by atoms with Gasteiger partial charge in [0.05, 0.1) is 11.9 Å². The summed E-state index contributed by atoms with van der Waals surface area (Å²) >= 11 is 5.84. The third-order valence-electron chi connectivity index (χ3n) is 3.60. The van der Waals surface area contributed by atoms with E-state index >= 15 is 0 Å². The molecule has 0 atom stereocenters. The molecule has 0 saturated carbocycles. The highest BCUT2D eigenvalue weighted by molar-refractivity contribution is 6.30. The predicted octanol–water partition coefficient (Wildman–Crippen LogP) is 4.09. The van der Waals surface area contributed by atoms with Crippen LogP contribution in [0.3, 0.4) is 0 Å². The van der Waals surface area contributed by atoms with E-state index in [2.05, 4.69) is 15.2 Å². The summed E-state index contributed by atoms with van der Waals surface area (Å²) < 4.78 is 13.2. The van der Waals surface area contributed by atoms with Gasteiger partial charge in [-0.15, -0.1) is 0 Å². The van der Waals surface area contributed by atoms with Gasteiger partial charge >= 0.3 is 0 Å². The quantitative estimate of drug-likeness (QED) is 0.922. The third-order valence-corrected chi connectivity index (χ3v) is 3.82. The molecular formula is C16H17ClFN3. The van der Waals surface area contributed by atoms with Crippen molar-refractivity contribution in [3.8, 4) is 0 Å². The molecule has 1 fully saturated rings. The fourth-order valence-electron chi connectivity index (χ4n) is 2.54. The maximum atomic E-state index is 13.2. The Morgan fingerprint density at radius 3 is 2.67 bits per heavy atom. The molecule has 3 rings (SSSR count). The molecule has 0 bridgehead atoms. The molecule has 2 heterocycles. The zero-order valence-electron chi connectivity index (χ0n) is 11.6. The van der Waals surface area contributed by atoms with Crippen LogP contribution in [-0.2, 0) is 6.54 Å². The Balaban J connectivity index is 1.62. The molecule has 1 saturated heterocycles. The van der Waals surface area contributed by atoms with E-state index in [1.54, 1.807) is 6.07 Å². The molecule has 0 unspecified atom stereocenters. The van der Waals surface area contributed by atoms with Crippen LogP contribution in [0.5, 0.6) is 0 Å². The van der Waals surface area contributed by atoms with Gasteiger partial charge in [-0.3, -0.25) is 0 Å². The van der Waals surface area contributed by atoms with E-state index < -0.39 is 0 Å². The van der Waals surface area contributed by atoms with E-state index in [4.69, 9.17) is 11.6 Å². The number of rotatable bonds is 4. The van der Waals surface area contributed by atoms with Crippen LogP contribution in [-0.4, -0.2) is 18.1 Å². The lowest BCUT2D eigenvalue weighted by atomic mass is 10.2. The molecule has 5 heteroatoms. The second kappa shape index (κ2) is 6.31. The molecule has 0 aliphatic carbocycles. The lowest BCUT2D eigenvalue weighted by molar-refractivity contribution is 0.626. The SMILES string of the molecule is Fc1cc(Cl)cc(CNc2ccc(N3CCCC3)nc2)c1. The molecule has 110 valence electrons. The van der Waals surface area contributed by atoms with Crippen LogP contribution in [0.2, 0.25) is 5.02 Å². The van der Waals surface area contributed by atoms with E-state index in [1.807, 2.05) is 18.3 Å². The van der Waals surface area contributed by atoms with Gasteiger partial charge in [0.2, 0.25) is 0 Å². The number of hydrogen-bond acceptors (Lipinski definition) is 3. The first-order chi connectivity index (χ1) is 10.2. The van der Waals surface area contributed by atoms with Crippen molar-refractivity contribution in [3.05, 3.63) is 52.9 Å². The van der Waals surface area contributed by atoms with Crippen LogP contribution in [0.1, 0.15) is 18.4 Å². The standard InChI is InChI=1S/C16H17ClFN3/c17-13-7-12(8-14(18)9-13)10-19-15-3-4-16(20-11-15)21-5-1-2-6-21/h3-4,7-9,11,19H,1-2,5-6,10H2.